The van der Waals surface area contributed by atoms with Crippen molar-refractivity contribution in [3.05, 3.63) is 59.7 Å². The molecule has 0 unspecified atom stereocenters. The largest absolute Gasteiger partial charge is 0.493 e. The molecule has 0 spiro atoms. The highest BCUT2D eigenvalue weighted by molar-refractivity contribution is 5.47. The van der Waals surface area contributed by atoms with Crippen LogP contribution in [0.4, 0.5) is 5.69 Å². The Kier molecular flexibility index (Phi) is 5.68. The van der Waals surface area contributed by atoms with Gasteiger partial charge in [0.25, 0.3) is 0 Å². The van der Waals surface area contributed by atoms with Gasteiger partial charge in [0.1, 0.15) is 5.75 Å². The van der Waals surface area contributed by atoms with Gasteiger partial charge in [0.15, 0.2) is 0 Å². The van der Waals surface area contributed by atoms with Crippen molar-refractivity contribution in [3.8, 4) is 5.75 Å². The first-order chi connectivity index (χ1) is 10.2. The Bertz CT molecular complexity index is 546. The molecule has 112 valence electrons. The van der Waals surface area contributed by atoms with Gasteiger partial charge in [0.05, 0.1) is 6.61 Å². The van der Waals surface area contributed by atoms with E-state index in [1.165, 1.54) is 11.1 Å². The van der Waals surface area contributed by atoms with Gasteiger partial charge in [-0.15, -0.1) is 0 Å². The summed E-state index contributed by atoms with van der Waals surface area (Å²) >= 11 is 0. The van der Waals surface area contributed by atoms with Gasteiger partial charge in [-0.1, -0.05) is 51.1 Å². The average Bonchev–Trinajstić information content (AvgIpc) is 2.52. The van der Waals surface area contributed by atoms with Crippen molar-refractivity contribution in [1.29, 1.82) is 0 Å². The monoisotopic (exact) mass is 283 g/mol. The molecule has 0 saturated heterocycles. The Morgan fingerprint density at radius 1 is 1.00 bits per heavy atom. The molecular formula is C19H25NO. The van der Waals surface area contributed by atoms with E-state index in [4.69, 9.17) is 4.74 Å². The Morgan fingerprint density at radius 2 is 1.71 bits per heavy atom. The molecular weight excluding hydrogens is 258 g/mol. The predicted octanol–water partition coefficient (Wildman–Crippen LogP) is 5.21. The maximum atomic E-state index is 5.79. The lowest BCUT2D eigenvalue weighted by atomic mass is 10.0. The Labute approximate surface area is 128 Å². The maximum Gasteiger partial charge on any atom is 0.124 e. The van der Waals surface area contributed by atoms with Crippen LogP contribution in [0.1, 0.15) is 44.2 Å². The van der Waals surface area contributed by atoms with Gasteiger partial charge in [-0.05, 0) is 36.1 Å². The lowest BCUT2D eigenvalue weighted by molar-refractivity contribution is 0.314. The normalized spacial score (nSPS) is 10.7. The van der Waals surface area contributed by atoms with Gasteiger partial charge in [-0.3, -0.25) is 0 Å². The molecule has 1 N–H and O–H groups in total. The van der Waals surface area contributed by atoms with Gasteiger partial charge in [-0.2, -0.15) is 0 Å². The summed E-state index contributed by atoms with van der Waals surface area (Å²) in [5, 5.41) is 3.46. The number of hydrogen-bond donors (Lipinski definition) is 1. The van der Waals surface area contributed by atoms with E-state index < -0.39 is 0 Å². The lowest BCUT2D eigenvalue weighted by Crippen LogP contribution is -2.04. The van der Waals surface area contributed by atoms with E-state index in [1.807, 2.05) is 12.1 Å². The zero-order valence-electron chi connectivity index (χ0n) is 13.2. The summed E-state index contributed by atoms with van der Waals surface area (Å²) in [7, 11) is 0. The minimum atomic E-state index is 0.571. The fourth-order valence-corrected chi connectivity index (χ4v) is 2.19. The molecule has 0 radical (unpaired) electrons. The summed E-state index contributed by atoms with van der Waals surface area (Å²) in [6.07, 6.45) is 1.03. The first kappa shape index (κ1) is 15.4. The molecule has 0 amide bonds. The van der Waals surface area contributed by atoms with E-state index in [1.54, 1.807) is 0 Å². The first-order valence-corrected chi connectivity index (χ1v) is 7.75. The summed E-state index contributed by atoms with van der Waals surface area (Å²) < 4.78 is 5.79. The molecule has 0 aromatic heterocycles. The Balaban J connectivity index is 1.99. The molecule has 0 fully saturated rings. The fraction of sp³-hybridized carbons (Fsp3) is 0.368. The van der Waals surface area contributed by atoms with Crippen LogP contribution in [0.5, 0.6) is 5.75 Å². The van der Waals surface area contributed by atoms with Crippen molar-refractivity contribution in [2.45, 2.75) is 39.7 Å². The Morgan fingerprint density at radius 3 is 2.38 bits per heavy atom. The molecule has 2 nitrogen and oxygen atoms in total. The third-order valence-electron chi connectivity index (χ3n) is 3.49. The van der Waals surface area contributed by atoms with E-state index in [0.29, 0.717) is 5.92 Å². The number of para-hydroxylation sites is 1. The minimum absolute atomic E-state index is 0.571. The summed E-state index contributed by atoms with van der Waals surface area (Å²) in [5.41, 5.74) is 3.70. The van der Waals surface area contributed by atoms with Crippen LogP contribution in [0, 0.1) is 0 Å². The molecule has 2 aromatic rings. The Hall–Kier alpha value is -1.96. The quantitative estimate of drug-likeness (QED) is 0.753. The second kappa shape index (κ2) is 7.72. The van der Waals surface area contributed by atoms with Crippen LogP contribution in [0.25, 0.3) is 0 Å². The molecule has 21 heavy (non-hydrogen) atoms. The van der Waals surface area contributed by atoms with Crippen LogP contribution in [0.3, 0.4) is 0 Å². The van der Waals surface area contributed by atoms with Crippen LogP contribution in [-0.2, 0) is 6.54 Å². The third kappa shape index (κ3) is 4.52. The molecule has 0 aliphatic rings. The molecule has 0 saturated carbocycles. The number of ether oxygens (including phenoxy) is 1. The average molecular weight is 283 g/mol. The summed E-state index contributed by atoms with van der Waals surface area (Å²) in [6, 6.07) is 16.9. The van der Waals surface area contributed by atoms with Crippen molar-refractivity contribution in [1.82, 2.24) is 0 Å². The smallest absolute Gasteiger partial charge is 0.124 e. The first-order valence-electron chi connectivity index (χ1n) is 7.75. The highest BCUT2D eigenvalue weighted by Gasteiger charge is 2.03. The SMILES string of the molecule is CCCOc1ccccc1CNc1ccc(C(C)C)cc1. The van der Waals surface area contributed by atoms with Gasteiger partial charge in [0, 0.05) is 17.8 Å². The van der Waals surface area contributed by atoms with Crippen molar-refractivity contribution < 1.29 is 4.74 Å². The van der Waals surface area contributed by atoms with Crippen molar-refractivity contribution in [2.75, 3.05) is 11.9 Å². The second-order valence-corrected chi connectivity index (χ2v) is 5.59. The summed E-state index contributed by atoms with van der Waals surface area (Å²) in [5.74, 6) is 1.55. The molecule has 2 aromatic carbocycles. The van der Waals surface area contributed by atoms with Crippen molar-refractivity contribution >= 4 is 5.69 Å². The van der Waals surface area contributed by atoms with Crippen molar-refractivity contribution in [3.63, 3.8) is 0 Å². The second-order valence-electron chi connectivity index (χ2n) is 5.59. The van der Waals surface area contributed by atoms with Crippen LogP contribution < -0.4 is 10.1 Å². The van der Waals surface area contributed by atoms with E-state index in [9.17, 15) is 0 Å². The third-order valence-corrected chi connectivity index (χ3v) is 3.49. The van der Waals surface area contributed by atoms with Crippen molar-refractivity contribution in [2.24, 2.45) is 0 Å². The summed E-state index contributed by atoms with van der Waals surface area (Å²) in [6.45, 7) is 8.09. The van der Waals surface area contributed by atoms with Crippen LogP contribution in [-0.4, -0.2) is 6.61 Å². The fourth-order valence-electron chi connectivity index (χ4n) is 2.19. The van der Waals surface area contributed by atoms with Crippen LogP contribution in [0.2, 0.25) is 0 Å². The summed E-state index contributed by atoms with van der Waals surface area (Å²) in [4.78, 5) is 0. The topological polar surface area (TPSA) is 21.3 Å². The number of nitrogens with one attached hydrogen (secondary N) is 1. The highest BCUT2D eigenvalue weighted by atomic mass is 16.5. The minimum Gasteiger partial charge on any atom is -0.493 e. The molecule has 0 bridgehead atoms. The van der Waals surface area contributed by atoms with Gasteiger partial charge in [-0.25, -0.2) is 0 Å². The number of anilines is 1. The zero-order valence-corrected chi connectivity index (χ0v) is 13.2. The van der Waals surface area contributed by atoms with Gasteiger partial charge in [0.2, 0.25) is 0 Å². The zero-order chi connectivity index (χ0) is 15.1. The van der Waals surface area contributed by atoms with E-state index in [0.717, 1.165) is 31.0 Å². The van der Waals surface area contributed by atoms with E-state index in [-0.39, 0.29) is 0 Å². The maximum absolute atomic E-state index is 5.79. The highest BCUT2D eigenvalue weighted by Crippen LogP contribution is 2.21. The van der Waals surface area contributed by atoms with Gasteiger partial charge >= 0.3 is 0 Å². The number of rotatable bonds is 7. The number of benzene rings is 2. The van der Waals surface area contributed by atoms with E-state index in [2.05, 4.69) is 62.5 Å². The molecule has 0 heterocycles. The van der Waals surface area contributed by atoms with Crippen LogP contribution >= 0.6 is 0 Å². The molecule has 2 rings (SSSR count). The predicted molar refractivity (Wildman–Crippen MR) is 90.1 cm³/mol. The number of hydrogen-bond acceptors (Lipinski definition) is 2. The molecule has 0 atom stereocenters. The molecule has 0 aliphatic heterocycles. The van der Waals surface area contributed by atoms with Crippen LogP contribution in [0.15, 0.2) is 48.5 Å². The lowest BCUT2D eigenvalue weighted by Gasteiger charge is -2.13. The molecule has 2 heteroatoms. The standard InChI is InChI=1S/C19H25NO/c1-4-13-21-19-8-6-5-7-17(19)14-20-18-11-9-16(10-12-18)15(2)3/h5-12,15,20H,4,13-14H2,1-3H3. The van der Waals surface area contributed by atoms with Gasteiger partial charge < -0.3 is 10.1 Å². The molecule has 0 aliphatic carbocycles. The van der Waals surface area contributed by atoms with E-state index >= 15 is 0 Å².